The number of carbonyl (C=O) groups excluding carboxylic acids is 2. The lowest BCUT2D eigenvalue weighted by molar-refractivity contribution is -0.122. The van der Waals surface area contributed by atoms with Crippen LogP contribution in [0.3, 0.4) is 0 Å². The number of aryl methyl sites for hydroxylation is 4. The van der Waals surface area contributed by atoms with Crippen LogP contribution in [0.2, 0.25) is 0 Å². The first-order valence-electron chi connectivity index (χ1n) is 16.1. The molecule has 2 aromatic carbocycles. The van der Waals surface area contributed by atoms with E-state index in [0.29, 0.717) is 34.8 Å². The zero-order chi connectivity index (χ0) is 35.5. The fourth-order valence-corrected chi connectivity index (χ4v) is 6.27. The molecule has 252 valence electrons. The number of amides is 2. The Bertz CT molecular complexity index is 2110. The molecule has 0 spiro atoms. The summed E-state index contributed by atoms with van der Waals surface area (Å²) in [4.78, 5) is 50.7. The molecule has 0 unspecified atom stereocenters. The average molecular weight is 669 g/mol. The number of benzene rings is 2. The molecule has 2 amide bonds. The molecule has 2 aliphatic heterocycles. The van der Waals surface area contributed by atoms with Crippen molar-refractivity contribution in [3.05, 3.63) is 108 Å². The zero-order valence-corrected chi connectivity index (χ0v) is 29.1. The Labute approximate surface area is 289 Å². The minimum Gasteiger partial charge on any atom is -0.421 e. The summed E-state index contributed by atoms with van der Waals surface area (Å²) in [6.07, 6.45) is 10.4. The van der Waals surface area contributed by atoms with E-state index in [0.717, 1.165) is 39.4 Å². The maximum Gasteiger partial charge on any atom is 0.247 e. The van der Waals surface area contributed by atoms with Crippen LogP contribution >= 0.6 is 0 Å². The smallest absolute Gasteiger partial charge is 0.247 e. The lowest BCUT2D eigenvalue weighted by Gasteiger charge is -2.20. The third-order valence-electron chi connectivity index (χ3n) is 9.12. The van der Waals surface area contributed by atoms with Gasteiger partial charge in [-0.25, -0.2) is 24.9 Å². The average Bonchev–Trinajstić information content (AvgIpc) is 3.82. The Hall–Kier alpha value is -6.11. The molecular formula is C37H36N10O3. The van der Waals surface area contributed by atoms with Gasteiger partial charge in [0, 0.05) is 24.4 Å². The van der Waals surface area contributed by atoms with Crippen molar-refractivity contribution in [1.29, 1.82) is 0 Å². The Kier molecular flexibility index (Phi) is 7.65. The molecule has 13 heteroatoms. The van der Waals surface area contributed by atoms with Crippen LogP contribution in [0.5, 0.6) is 0 Å². The Morgan fingerprint density at radius 1 is 0.620 bits per heavy atom. The predicted octanol–water partition coefficient (Wildman–Crippen LogP) is 6.33. The van der Waals surface area contributed by atoms with Crippen LogP contribution in [0.15, 0.2) is 78.1 Å². The van der Waals surface area contributed by atoms with Crippen molar-refractivity contribution < 1.29 is 14.0 Å². The SMILES string of the molecule is Cc1cn(-c2ccc3c(c2)N(c2cnc(C)nc2)C(=O)C3(C)C)cn1.Cc1ncc(N2C(=O)C(C)(C)c3ccc(-c4nnc(C)o4)cc32)cn1. The van der Waals surface area contributed by atoms with E-state index in [1.54, 1.807) is 47.8 Å². The lowest BCUT2D eigenvalue weighted by Crippen LogP contribution is -2.33. The molecule has 0 radical (unpaired) electrons. The predicted molar refractivity (Wildman–Crippen MR) is 187 cm³/mol. The highest BCUT2D eigenvalue weighted by Gasteiger charge is 2.46. The maximum absolute atomic E-state index is 13.1. The standard InChI is InChI=1S/C19H19N5O.C18H17N5O2/c1-12-10-23(11-22-12)14-5-6-16-17(7-14)24(18(25)19(16,3)4)15-8-20-13(2)21-9-15;1-10-19-8-13(9-20-10)23-15-7-12(16-22-21-11(2)25-16)5-6-14(15)18(3,4)17(23)24/h5-11H,1-4H3;5-9H,1-4H3. The van der Waals surface area contributed by atoms with E-state index in [-0.39, 0.29) is 11.8 Å². The van der Waals surface area contributed by atoms with Crippen LogP contribution in [0.25, 0.3) is 17.1 Å². The summed E-state index contributed by atoms with van der Waals surface area (Å²) in [5.41, 5.74) is 6.36. The van der Waals surface area contributed by atoms with E-state index in [9.17, 15) is 9.59 Å². The monoisotopic (exact) mass is 668 g/mol. The molecule has 4 aromatic heterocycles. The van der Waals surface area contributed by atoms with Crippen LogP contribution < -0.4 is 9.80 Å². The second kappa shape index (κ2) is 11.8. The number of nitrogens with zero attached hydrogens (tertiary/aromatic N) is 10. The van der Waals surface area contributed by atoms with Gasteiger partial charge in [-0.15, -0.1) is 10.2 Å². The van der Waals surface area contributed by atoms with Crippen molar-refractivity contribution in [2.45, 2.75) is 66.2 Å². The Morgan fingerprint density at radius 3 is 1.62 bits per heavy atom. The summed E-state index contributed by atoms with van der Waals surface area (Å²) in [5, 5.41) is 7.93. The van der Waals surface area contributed by atoms with Gasteiger partial charge in [-0.05, 0) is 83.9 Å². The fourth-order valence-electron chi connectivity index (χ4n) is 6.27. The molecule has 6 heterocycles. The zero-order valence-electron chi connectivity index (χ0n) is 29.1. The molecule has 2 aliphatic rings. The van der Waals surface area contributed by atoms with Gasteiger partial charge < -0.3 is 8.98 Å². The van der Waals surface area contributed by atoms with Crippen molar-refractivity contribution in [3.63, 3.8) is 0 Å². The van der Waals surface area contributed by atoms with Crippen molar-refractivity contribution in [2.24, 2.45) is 0 Å². The van der Waals surface area contributed by atoms with E-state index in [1.807, 2.05) is 95.6 Å². The Balaban J connectivity index is 0.000000157. The minimum absolute atomic E-state index is 0.0196. The Morgan fingerprint density at radius 2 is 1.14 bits per heavy atom. The second-order valence-electron chi connectivity index (χ2n) is 13.5. The maximum atomic E-state index is 13.1. The number of aromatic nitrogens is 8. The first-order valence-corrected chi connectivity index (χ1v) is 16.1. The number of rotatable bonds is 4. The molecule has 50 heavy (non-hydrogen) atoms. The van der Waals surface area contributed by atoms with Gasteiger partial charge in [0.05, 0.1) is 70.4 Å². The van der Waals surface area contributed by atoms with E-state index in [1.165, 1.54) is 0 Å². The number of imidazole rings is 1. The van der Waals surface area contributed by atoms with E-state index >= 15 is 0 Å². The minimum atomic E-state index is -0.635. The highest BCUT2D eigenvalue weighted by molar-refractivity contribution is 6.13. The number of hydrogen-bond donors (Lipinski definition) is 0. The van der Waals surface area contributed by atoms with Gasteiger partial charge in [-0.2, -0.15) is 0 Å². The summed E-state index contributed by atoms with van der Waals surface area (Å²) in [6.45, 7) is 15.1. The topological polar surface area (TPSA) is 149 Å². The second-order valence-corrected chi connectivity index (χ2v) is 13.5. The van der Waals surface area contributed by atoms with Gasteiger partial charge >= 0.3 is 0 Å². The van der Waals surface area contributed by atoms with E-state index in [2.05, 4.69) is 35.1 Å². The highest BCUT2D eigenvalue weighted by atomic mass is 16.4. The normalized spacial score (nSPS) is 15.5. The highest BCUT2D eigenvalue weighted by Crippen LogP contribution is 2.47. The summed E-state index contributed by atoms with van der Waals surface area (Å²) in [7, 11) is 0. The van der Waals surface area contributed by atoms with Crippen molar-refractivity contribution in [3.8, 4) is 17.1 Å². The largest absolute Gasteiger partial charge is 0.421 e. The molecule has 6 aromatic rings. The van der Waals surface area contributed by atoms with Crippen LogP contribution in [-0.4, -0.2) is 51.5 Å². The van der Waals surface area contributed by atoms with Crippen molar-refractivity contribution >= 4 is 34.6 Å². The quantitative estimate of drug-likeness (QED) is 0.208. The first kappa shape index (κ1) is 32.4. The van der Waals surface area contributed by atoms with Gasteiger partial charge in [-0.1, -0.05) is 12.1 Å². The summed E-state index contributed by atoms with van der Waals surface area (Å²) in [6, 6.07) is 11.8. The molecule has 0 atom stereocenters. The van der Waals surface area contributed by atoms with Crippen LogP contribution in [-0.2, 0) is 20.4 Å². The molecule has 0 fully saturated rings. The van der Waals surface area contributed by atoms with Crippen molar-refractivity contribution in [1.82, 2.24) is 39.7 Å². The first-order chi connectivity index (χ1) is 23.8. The number of fused-ring (bicyclic) bond motifs is 2. The van der Waals surface area contributed by atoms with Gasteiger partial charge in [0.2, 0.25) is 23.6 Å². The molecular weight excluding hydrogens is 632 g/mol. The van der Waals surface area contributed by atoms with E-state index in [4.69, 9.17) is 4.42 Å². The molecule has 0 bridgehead atoms. The third-order valence-corrected chi connectivity index (χ3v) is 9.12. The van der Waals surface area contributed by atoms with Crippen LogP contribution in [0.4, 0.5) is 22.7 Å². The van der Waals surface area contributed by atoms with Gasteiger partial charge in [-0.3, -0.25) is 19.4 Å². The van der Waals surface area contributed by atoms with Gasteiger partial charge in [0.1, 0.15) is 11.6 Å². The molecule has 13 nitrogen and oxygen atoms in total. The number of anilines is 4. The van der Waals surface area contributed by atoms with Gasteiger partial charge in [0.25, 0.3) is 0 Å². The van der Waals surface area contributed by atoms with Gasteiger partial charge in [0.15, 0.2) is 0 Å². The summed E-state index contributed by atoms with van der Waals surface area (Å²) in [5.74, 6) is 2.26. The molecule has 0 aliphatic carbocycles. The lowest BCUT2D eigenvalue weighted by atomic mass is 9.86. The molecule has 8 rings (SSSR count). The van der Waals surface area contributed by atoms with E-state index < -0.39 is 10.8 Å². The summed E-state index contributed by atoms with van der Waals surface area (Å²) < 4.78 is 7.47. The third kappa shape index (κ3) is 5.40. The fraction of sp³-hybridized carbons (Fsp3) is 0.270. The van der Waals surface area contributed by atoms with Crippen LogP contribution in [0.1, 0.15) is 62.1 Å². The van der Waals surface area contributed by atoms with Crippen molar-refractivity contribution in [2.75, 3.05) is 9.80 Å². The number of hydrogen-bond acceptors (Lipinski definition) is 10. The molecule has 0 saturated carbocycles. The summed E-state index contributed by atoms with van der Waals surface area (Å²) >= 11 is 0. The molecule has 0 saturated heterocycles. The molecule has 0 N–H and O–H groups in total. The van der Waals surface area contributed by atoms with Crippen LogP contribution in [0, 0.1) is 27.7 Å². The number of carbonyl (C=O) groups is 2.